The van der Waals surface area contributed by atoms with Crippen LogP contribution < -0.4 is 5.32 Å². The summed E-state index contributed by atoms with van der Waals surface area (Å²) < 4.78 is 0. The van der Waals surface area contributed by atoms with E-state index in [0.717, 1.165) is 51.4 Å². The van der Waals surface area contributed by atoms with E-state index in [-0.39, 0.29) is 12.5 Å². The highest BCUT2D eigenvalue weighted by atomic mass is 16.3. The van der Waals surface area contributed by atoms with Gasteiger partial charge in [0.25, 0.3) is 0 Å². The molecule has 0 saturated heterocycles. The lowest BCUT2D eigenvalue weighted by molar-refractivity contribution is -0.124. The SMILES string of the molecule is CCCC/C=C\CCCCCCCC(=O)NC(CO)C(O)C(O)CCC/C=C/CC/C=C/CCCCCCCC. The molecule has 0 aliphatic heterocycles. The van der Waals surface area contributed by atoms with Gasteiger partial charge in [0.15, 0.2) is 0 Å². The molecule has 4 N–H and O–H groups in total. The summed E-state index contributed by atoms with van der Waals surface area (Å²) in [5, 5.41) is 33.2. The Kier molecular flexibility index (Phi) is 29.4. The van der Waals surface area contributed by atoms with Gasteiger partial charge in [-0.2, -0.15) is 0 Å². The molecule has 0 spiro atoms. The summed E-state index contributed by atoms with van der Waals surface area (Å²) in [6, 6.07) is -0.833. The van der Waals surface area contributed by atoms with E-state index in [1.807, 2.05) is 0 Å². The van der Waals surface area contributed by atoms with Crippen molar-refractivity contribution in [1.29, 1.82) is 0 Å². The van der Waals surface area contributed by atoms with Crippen LogP contribution in [0, 0.1) is 0 Å². The number of unbranched alkanes of at least 4 members (excludes halogenated alkanes) is 15. The van der Waals surface area contributed by atoms with Gasteiger partial charge in [-0.1, -0.05) is 115 Å². The van der Waals surface area contributed by atoms with Crippen LogP contribution in [0.1, 0.15) is 155 Å². The van der Waals surface area contributed by atoms with Crippen molar-refractivity contribution < 1.29 is 20.1 Å². The highest BCUT2D eigenvalue weighted by Gasteiger charge is 2.26. The van der Waals surface area contributed by atoms with Crippen LogP contribution in [0.5, 0.6) is 0 Å². The molecule has 1 amide bonds. The van der Waals surface area contributed by atoms with Gasteiger partial charge in [-0.3, -0.25) is 4.79 Å². The normalized spacial score (nSPS) is 14.4. The van der Waals surface area contributed by atoms with Gasteiger partial charge < -0.3 is 20.6 Å². The summed E-state index contributed by atoms with van der Waals surface area (Å²) >= 11 is 0. The third-order valence-corrected chi connectivity index (χ3v) is 7.44. The van der Waals surface area contributed by atoms with Crippen molar-refractivity contribution in [2.24, 2.45) is 0 Å². The van der Waals surface area contributed by atoms with Crippen molar-refractivity contribution in [3.05, 3.63) is 36.5 Å². The van der Waals surface area contributed by atoms with E-state index in [9.17, 15) is 20.1 Å². The number of carbonyl (C=O) groups is 1. The molecular formula is C35H65NO4. The zero-order valence-corrected chi connectivity index (χ0v) is 26.2. The molecule has 0 aliphatic carbocycles. The molecule has 3 atom stereocenters. The largest absolute Gasteiger partial charge is 0.394 e. The second kappa shape index (κ2) is 30.5. The van der Waals surface area contributed by atoms with Crippen molar-refractivity contribution in [3.8, 4) is 0 Å². The predicted octanol–water partition coefficient (Wildman–Crippen LogP) is 8.48. The van der Waals surface area contributed by atoms with Crippen molar-refractivity contribution in [3.63, 3.8) is 0 Å². The molecule has 5 heteroatoms. The lowest BCUT2D eigenvalue weighted by Crippen LogP contribution is -2.50. The van der Waals surface area contributed by atoms with Crippen LogP contribution in [0.15, 0.2) is 36.5 Å². The van der Waals surface area contributed by atoms with E-state index in [0.29, 0.717) is 12.8 Å². The number of amides is 1. The molecule has 0 rings (SSSR count). The number of allylic oxidation sites excluding steroid dienone is 6. The zero-order chi connectivity index (χ0) is 29.5. The minimum Gasteiger partial charge on any atom is -0.394 e. The molecule has 234 valence electrons. The Labute approximate surface area is 247 Å². The number of aliphatic hydroxyl groups excluding tert-OH is 3. The topological polar surface area (TPSA) is 89.8 Å². The summed E-state index contributed by atoms with van der Waals surface area (Å²) in [7, 11) is 0. The highest BCUT2D eigenvalue weighted by Crippen LogP contribution is 2.12. The van der Waals surface area contributed by atoms with Crippen LogP contribution >= 0.6 is 0 Å². The molecule has 0 aromatic carbocycles. The number of carbonyl (C=O) groups excluding carboxylic acids is 1. The Balaban J connectivity index is 3.84. The molecule has 40 heavy (non-hydrogen) atoms. The summed E-state index contributed by atoms with van der Waals surface area (Å²) in [6.07, 6.45) is 35.2. The molecule has 0 saturated carbocycles. The number of hydrogen-bond donors (Lipinski definition) is 4. The average molecular weight is 564 g/mol. The second-order valence-electron chi connectivity index (χ2n) is 11.3. The maximum Gasteiger partial charge on any atom is 0.220 e. The molecular weight excluding hydrogens is 498 g/mol. The zero-order valence-electron chi connectivity index (χ0n) is 26.2. The van der Waals surface area contributed by atoms with Crippen LogP contribution in [0.2, 0.25) is 0 Å². The highest BCUT2D eigenvalue weighted by molar-refractivity contribution is 5.76. The average Bonchev–Trinajstić information content (AvgIpc) is 2.96. The fourth-order valence-electron chi connectivity index (χ4n) is 4.74. The van der Waals surface area contributed by atoms with Gasteiger partial charge in [0.05, 0.1) is 18.8 Å². The monoisotopic (exact) mass is 563 g/mol. The van der Waals surface area contributed by atoms with Crippen LogP contribution in [0.3, 0.4) is 0 Å². The molecule has 0 heterocycles. The molecule has 0 aliphatic rings. The summed E-state index contributed by atoms with van der Waals surface area (Å²) in [5.74, 6) is -0.173. The van der Waals surface area contributed by atoms with Gasteiger partial charge >= 0.3 is 0 Å². The molecule has 5 nitrogen and oxygen atoms in total. The first kappa shape index (κ1) is 38.6. The Bertz CT molecular complexity index is 631. The van der Waals surface area contributed by atoms with E-state index in [4.69, 9.17) is 0 Å². The van der Waals surface area contributed by atoms with Crippen molar-refractivity contribution in [1.82, 2.24) is 5.32 Å². The third kappa shape index (κ3) is 25.5. The number of nitrogens with one attached hydrogen (secondary N) is 1. The Morgan fingerprint density at radius 2 is 1.05 bits per heavy atom. The fraction of sp³-hybridized carbons (Fsp3) is 0.800. The number of aliphatic hydroxyl groups is 3. The van der Waals surface area contributed by atoms with Gasteiger partial charge in [0.1, 0.15) is 6.10 Å². The first-order valence-corrected chi connectivity index (χ1v) is 16.8. The Hall–Kier alpha value is -1.43. The number of hydrogen-bond acceptors (Lipinski definition) is 4. The van der Waals surface area contributed by atoms with Crippen molar-refractivity contribution in [2.45, 2.75) is 173 Å². The van der Waals surface area contributed by atoms with E-state index < -0.39 is 18.2 Å². The molecule has 3 unspecified atom stereocenters. The lowest BCUT2D eigenvalue weighted by atomic mass is 10.0. The molecule has 0 fully saturated rings. The van der Waals surface area contributed by atoms with Gasteiger partial charge in [-0.25, -0.2) is 0 Å². The number of rotatable bonds is 29. The Morgan fingerprint density at radius 3 is 1.60 bits per heavy atom. The van der Waals surface area contributed by atoms with E-state index in [2.05, 4.69) is 55.6 Å². The maximum absolute atomic E-state index is 12.3. The van der Waals surface area contributed by atoms with Crippen molar-refractivity contribution >= 4 is 5.91 Å². The molecule has 0 bridgehead atoms. The molecule has 0 radical (unpaired) electrons. The lowest BCUT2D eigenvalue weighted by Gasteiger charge is -2.26. The first-order chi connectivity index (χ1) is 19.6. The van der Waals surface area contributed by atoms with E-state index in [1.54, 1.807) is 0 Å². The summed E-state index contributed by atoms with van der Waals surface area (Å²) in [5.41, 5.74) is 0. The van der Waals surface area contributed by atoms with Crippen molar-refractivity contribution in [2.75, 3.05) is 6.61 Å². The van der Waals surface area contributed by atoms with Gasteiger partial charge in [-0.15, -0.1) is 0 Å². The standard InChI is InChI=1S/C35H65NO4/c1-3-5-7-9-11-13-15-16-17-18-20-21-23-25-27-29-33(38)35(40)32(31-37)36-34(39)30-28-26-24-22-19-14-12-10-8-6-4-2/h10,12,16-17,21,23,32-33,35,37-38,40H,3-9,11,13-15,18-20,22,24-31H2,1-2H3,(H,36,39)/b12-10-,17-16+,23-21+. The second-order valence-corrected chi connectivity index (χ2v) is 11.3. The van der Waals surface area contributed by atoms with Crippen LogP contribution in [-0.2, 0) is 4.79 Å². The molecule has 0 aromatic heterocycles. The summed E-state index contributed by atoms with van der Waals surface area (Å²) in [6.45, 7) is 4.08. The van der Waals surface area contributed by atoms with Gasteiger partial charge in [-0.05, 0) is 70.6 Å². The predicted molar refractivity (Wildman–Crippen MR) is 171 cm³/mol. The first-order valence-electron chi connectivity index (χ1n) is 16.8. The van der Waals surface area contributed by atoms with Crippen LogP contribution in [0.4, 0.5) is 0 Å². The van der Waals surface area contributed by atoms with Gasteiger partial charge in [0.2, 0.25) is 5.91 Å². The summed E-state index contributed by atoms with van der Waals surface area (Å²) in [4.78, 5) is 12.3. The smallest absolute Gasteiger partial charge is 0.220 e. The van der Waals surface area contributed by atoms with Crippen LogP contribution in [-0.4, -0.2) is 46.1 Å². The van der Waals surface area contributed by atoms with E-state index >= 15 is 0 Å². The fourth-order valence-corrected chi connectivity index (χ4v) is 4.74. The quantitative estimate of drug-likeness (QED) is 0.0543. The van der Waals surface area contributed by atoms with E-state index in [1.165, 1.54) is 77.0 Å². The minimum atomic E-state index is -1.17. The molecule has 0 aromatic rings. The van der Waals surface area contributed by atoms with Crippen LogP contribution in [0.25, 0.3) is 0 Å². The third-order valence-electron chi connectivity index (χ3n) is 7.44. The minimum absolute atomic E-state index is 0.173. The van der Waals surface area contributed by atoms with Gasteiger partial charge in [0, 0.05) is 6.42 Å². The Morgan fingerprint density at radius 1 is 0.600 bits per heavy atom. The maximum atomic E-state index is 12.3.